The number of hydrogen-bond donors (Lipinski definition) is 0. The highest BCUT2D eigenvalue weighted by Crippen LogP contribution is 2.16. The minimum atomic E-state index is 0.108. The molecule has 0 fully saturated rings. The largest absolute Gasteiger partial charge is 0.288 e. The molecule has 100 valence electrons. The molecule has 0 radical (unpaired) electrons. The zero-order valence-electron chi connectivity index (χ0n) is 11.3. The van der Waals surface area contributed by atoms with E-state index in [4.69, 9.17) is 0 Å². The van der Waals surface area contributed by atoms with Gasteiger partial charge in [0.2, 0.25) is 0 Å². The maximum absolute atomic E-state index is 10.9. The standard InChI is InChI=1S/C15H18N2OS/c1-3-4-5-12-6-7-14-15(8-12)16-9-13(17-14)10-19-11(2)18/h6-9H,3-5,10H2,1-2H3. The second-order valence-electron chi connectivity index (χ2n) is 4.57. The molecule has 0 atom stereocenters. The van der Waals surface area contributed by atoms with Gasteiger partial charge < -0.3 is 0 Å². The monoisotopic (exact) mass is 274 g/mol. The highest BCUT2D eigenvalue weighted by molar-refractivity contribution is 8.12. The second kappa shape index (κ2) is 6.66. The number of rotatable bonds is 5. The Balaban J connectivity index is 2.17. The van der Waals surface area contributed by atoms with Crippen molar-refractivity contribution in [2.24, 2.45) is 0 Å². The van der Waals surface area contributed by atoms with E-state index in [9.17, 15) is 4.79 Å². The molecule has 0 aliphatic rings. The summed E-state index contributed by atoms with van der Waals surface area (Å²) in [6.45, 7) is 3.76. The van der Waals surface area contributed by atoms with E-state index in [0.29, 0.717) is 5.75 Å². The molecular weight excluding hydrogens is 256 g/mol. The first-order valence-electron chi connectivity index (χ1n) is 6.57. The fraction of sp³-hybridized carbons (Fsp3) is 0.400. The molecule has 3 nitrogen and oxygen atoms in total. The van der Waals surface area contributed by atoms with Gasteiger partial charge in [-0.25, -0.2) is 4.98 Å². The van der Waals surface area contributed by atoms with E-state index in [1.54, 1.807) is 13.1 Å². The van der Waals surface area contributed by atoms with Gasteiger partial charge in [-0.05, 0) is 30.5 Å². The van der Waals surface area contributed by atoms with Gasteiger partial charge in [-0.2, -0.15) is 0 Å². The Morgan fingerprint density at radius 3 is 2.89 bits per heavy atom. The summed E-state index contributed by atoms with van der Waals surface area (Å²) in [6, 6.07) is 6.25. The highest BCUT2D eigenvalue weighted by Gasteiger charge is 2.03. The van der Waals surface area contributed by atoms with Gasteiger partial charge in [0.15, 0.2) is 5.12 Å². The lowest BCUT2D eigenvalue weighted by atomic mass is 10.1. The van der Waals surface area contributed by atoms with Crippen molar-refractivity contribution in [3.8, 4) is 0 Å². The number of aromatic nitrogens is 2. The van der Waals surface area contributed by atoms with Crippen LogP contribution in [0.4, 0.5) is 0 Å². The molecular formula is C15H18N2OS. The molecule has 0 aliphatic heterocycles. The van der Waals surface area contributed by atoms with Crippen LogP contribution in [0.15, 0.2) is 24.4 Å². The predicted molar refractivity (Wildman–Crippen MR) is 80.1 cm³/mol. The minimum Gasteiger partial charge on any atom is -0.288 e. The summed E-state index contributed by atoms with van der Waals surface area (Å²) in [4.78, 5) is 19.9. The number of benzene rings is 1. The van der Waals surface area contributed by atoms with Crippen molar-refractivity contribution in [1.82, 2.24) is 9.97 Å². The van der Waals surface area contributed by atoms with E-state index in [-0.39, 0.29) is 5.12 Å². The van der Waals surface area contributed by atoms with Crippen LogP contribution in [0.1, 0.15) is 37.9 Å². The molecule has 2 rings (SSSR count). The maximum atomic E-state index is 10.9. The van der Waals surface area contributed by atoms with Crippen molar-refractivity contribution in [2.45, 2.75) is 38.9 Å². The van der Waals surface area contributed by atoms with Crippen LogP contribution in [0.25, 0.3) is 11.0 Å². The summed E-state index contributed by atoms with van der Waals surface area (Å²) in [7, 11) is 0. The minimum absolute atomic E-state index is 0.108. The first kappa shape index (κ1) is 14.0. The van der Waals surface area contributed by atoms with Crippen LogP contribution in [0.5, 0.6) is 0 Å². The third-order valence-electron chi connectivity index (χ3n) is 2.90. The van der Waals surface area contributed by atoms with Crippen LogP contribution in [-0.2, 0) is 17.0 Å². The maximum Gasteiger partial charge on any atom is 0.186 e. The lowest BCUT2D eigenvalue weighted by Gasteiger charge is -2.04. The zero-order valence-corrected chi connectivity index (χ0v) is 12.2. The molecule has 0 N–H and O–H groups in total. The van der Waals surface area contributed by atoms with Gasteiger partial charge in [-0.3, -0.25) is 9.78 Å². The first-order chi connectivity index (χ1) is 9.19. The molecule has 0 aliphatic carbocycles. The van der Waals surface area contributed by atoms with Gasteiger partial charge in [0.05, 0.1) is 16.7 Å². The fourth-order valence-corrected chi connectivity index (χ4v) is 2.37. The van der Waals surface area contributed by atoms with E-state index in [1.165, 1.54) is 30.2 Å². The van der Waals surface area contributed by atoms with Gasteiger partial charge in [0.1, 0.15) is 0 Å². The SMILES string of the molecule is CCCCc1ccc2nc(CSC(C)=O)cnc2c1. The van der Waals surface area contributed by atoms with Gasteiger partial charge >= 0.3 is 0 Å². The average Bonchev–Trinajstić information content (AvgIpc) is 2.42. The Bertz CT molecular complexity index is 583. The number of fused-ring (bicyclic) bond motifs is 1. The summed E-state index contributed by atoms with van der Waals surface area (Å²) in [5, 5.41) is 0.108. The first-order valence-corrected chi connectivity index (χ1v) is 7.55. The number of aryl methyl sites for hydroxylation is 1. The molecule has 1 aromatic heterocycles. The van der Waals surface area contributed by atoms with Crippen molar-refractivity contribution in [3.63, 3.8) is 0 Å². The molecule has 1 aromatic carbocycles. The van der Waals surface area contributed by atoms with Gasteiger partial charge in [0.25, 0.3) is 0 Å². The van der Waals surface area contributed by atoms with Gasteiger partial charge in [0, 0.05) is 18.9 Å². The Hall–Kier alpha value is -1.42. The number of unbranched alkanes of at least 4 members (excludes halogenated alkanes) is 1. The molecule has 0 amide bonds. The Morgan fingerprint density at radius 1 is 1.32 bits per heavy atom. The second-order valence-corrected chi connectivity index (χ2v) is 5.72. The van der Waals surface area contributed by atoms with Gasteiger partial charge in [-0.1, -0.05) is 31.2 Å². The van der Waals surface area contributed by atoms with E-state index in [1.807, 2.05) is 6.07 Å². The summed E-state index contributed by atoms with van der Waals surface area (Å²) in [5.41, 5.74) is 4.01. The Morgan fingerprint density at radius 2 is 2.16 bits per heavy atom. The van der Waals surface area contributed by atoms with Gasteiger partial charge in [-0.15, -0.1) is 0 Å². The number of hydrogen-bond acceptors (Lipinski definition) is 4. The lowest BCUT2D eigenvalue weighted by molar-refractivity contribution is -0.109. The fourth-order valence-electron chi connectivity index (χ4n) is 1.88. The van der Waals surface area contributed by atoms with Crippen molar-refractivity contribution in [1.29, 1.82) is 0 Å². The molecule has 0 saturated carbocycles. The Labute approximate surface area is 117 Å². The van der Waals surface area contributed by atoms with Crippen LogP contribution < -0.4 is 0 Å². The lowest BCUT2D eigenvalue weighted by Crippen LogP contribution is -1.94. The Kier molecular flexibility index (Phi) is 4.91. The third kappa shape index (κ3) is 4.03. The summed E-state index contributed by atoms with van der Waals surface area (Å²) < 4.78 is 0. The average molecular weight is 274 g/mol. The van der Waals surface area contributed by atoms with Crippen LogP contribution >= 0.6 is 11.8 Å². The zero-order chi connectivity index (χ0) is 13.7. The molecule has 0 saturated heterocycles. The van der Waals surface area contributed by atoms with E-state index >= 15 is 0 Å². The van der Waals surface area contributed by atoms with Crippen molar-refractivity contribution in [3.05, 3.63) is 35.7 Å². The number of carbonyl (C=O) groups excluding carboxylic acids is 1. The van der Waals surface area contributed by atoms with E-state index in [2.05, 4.69) is 29.0 Å². The number of nitrogens with zero attached hydrogens (tertiary/aromatic N) is 2. The quantitative estimate of drug-likeness (QED) is 0.832. The highest BCUT2D eigenvalue weighted by atomic mass is 32.2. The third-order valence-corrected chi connectivity index (χ3v) is 3.75. The number of thioether (sulfide) groups is 1. The van der Waals surface area contributed by atoms with Crippen LogP contribution in [0.2, 0.25) is 0 Å². The van der Waals surface area contributed by atoms with E-state index in [0.717, 1.165) is 23.1 Å². The van der Waals surface area contributed by atoms with Crippen LogP contribution in [-0.4, -0.2) is 15.1 Å². The molecule has 0 bridgehead atoms. The van der Waals surface area contributed by atoms with Crippen LogP contribution in [0.3, 0.4) is 0 Å². The predicted octanol–water partition coefficient (Wildman–Crippen LogP) is 3.75. The van der Waals surface area contributed by atoms with Crippen molar-refractivity contribution < 1.29 is 4.79 Å². The molecule has 2 aromatic rings. The number of carbonyl (C=O) groups is 1. The van der Waals surface area contributed by atoms with Crippen molar-refractivity contribution in [2.75, 3.05) is 0 Å². The molecule has 0 unspecified atom stereocenters. The molecule has 4 heteroatoms. The van der Waals surface area contributed by atoms with Crippen LogP contribution in [0, 0.1) is 0 Å². The summed E-state index contributed by atoms with van der Waals surface area (Å²) >= 11 is 1.27. The molecule has 0 spiro atoms. The summed E-state index contributed by atoms with van der Waals surface area (Å²) in [5.74, 6) is 0.593. The van der Waals surface area contributed by atoms with E-state index < -0.39 is 0 Å². The summed E-state index contributed by atoms with van der Waals surface area (Å²) in [6.07, 6.45) is 5.26. The normalized spacial score (nSPS) is 10.8. The topological polar surface area (TPSA) is 42.9 Å². The van der Waals surface area contributed by atoms with Crippen molar-refractivity contribution >= 4 is 27.9 Å². The smallest absolute Gasteiger partial charge is 0.186 e. The molecule has 19 heavy (non-hydrogen) atoms. The molecule has 1 heterocycles.